The summed E-state index contributed by atoms with van der Waals surface area (Å²) >= 11 is 0. The SMILES string of the molecule is CC(=O)N(CC(=O)NCC(C)C)c1ccc(C(C)C)cc1. The van der Waals surface area contributed by atoms with Crippen molar-refractivity contribution in [3.8, 4) is 0 Å². The van der Waals surface area contributed by atoms with E-state index < -0.39 is 0 Å². The molecular formula is C17H26N2O2. The van der Waals surface area contributed by atoms with Crippen LogP contribution in [0.2, 0.25) is 0 Å². The van der Waals surface area contributed by atoms with Gasteiger partial charge in [-0.25, -0.2) is 0 Å². The largest absolute Gasteiger partial charge is 0.354 e. The molecule has 1 rings (SSSR count). The van der Waals surface area contributed by atoms with Crippen LogP contribution in [-0.4, -0.2) is 24.9 Å². The lowest BCUT2D eigenvalue weighted by atomic mass is 10.0. The summed E-state index contributed by atoms with van der Waals surface area (Å²) in [7, 11) is 0. The van der Waals surface area contributed by atoms with Crippen LogP contribution in [0.3, 0.4) is 0 Å². The molecule has 116 valence electrons. The van der Waals surface area contributed by atoms with Crippen molar-refractivity contribution < 1.29 is 9.59 Å². The molecule has 0 aliphatic heterocycles. The zero-order valence-electron chi connectivity index (χ0n) is 13.6. The highest BCUT2D eigenvalue weighted by molar-refractivity contribution is 5.97. The average Bonchev–Trinajstić information content (AvgIpc) is 2.42. The van der Waals surface area contributed by atoms with Crippen molar-refractivity contribution in [2.24, 2.45) is 5.92 Å². The van der Waals surface area contributed by atoms with Gasteiger partial charge in [0.1, 0.15) is 6.54 Å². The smallest absolute Gasteiger partial charge is 0.240 e. The molecule has 0 unspecified atom stereocenters. The van der Waals surface area contributed by atoms with E-state index in [1.165, 1.54) is 17.4 Å². The fraction of sp³-hybridized carbons (Fsp3) is 0.529. The monoisotopic (exact) mass is 290 g/mol. The van der Waals surface area contributed by atoms with E-state index in [9.17, 15) is 9.59 Å². The second kappa shape index (κ2) is 7.81. The zero-order valence-corrected chi connectivity index (χ0v) is 13.6. The summed E-state index contributed by atoms with van der Waals surface area (Å²) in [4.78, 5) is 25.2. The van der Waals surface area contributed by atoms with Crippen molar-refractivity contribution in [3.63, 3.8) is 0 Å². The first-order valence-corrected chi connectivity index (χ1v) is 7.46. The minimum atomic E-state index is -0.133. The van der Waals surface area contributed by atoms with Gasteiger partial charge in [0.15, 0.2) is 0 Å². The molecule has 0 saturated heterocycles. The van der Waals surface area contributed by atoms with Gasteiger partial charge in [0.25, 0.3) is 0 Å². The molecule has 0 bridgehead atoms. The molecule has 0 saturated carbocycles. The second-order valence-corrected chi connectivity index (χ2v) is 6.05. The number of carbonyl (C=O) groups is 2. The van der Waals surface area contributed by atoms with Crippen molar-refractivity contribution >= 4 is 17.5 Å². The van der Waals surface area contributed by atoms with Crippen molar-refractivity contribution in [2.75, 3.05) is 18.0 Å². The second-order valence-electron chi connectivity index (χ2n) is 6.05. The lowest BCUT2D eigenvalue weighted by Gasteiger charge is -2.21. The Morgan fingerprint density at radius 1 is 1.10 bits per heavy atom. The molecule has 4 nitrogen and oxygen atoms in total. The minimum absolute atomic E-state index is 0.0586. The van der Waals surface area contributed by atoms with Crippen molar-refractivity contribution in [1.82, 2.24) is 5.32 Å². The van der Waals surface area contributed by atoms with Gasteiger partial charge < -0.3 is 10.2 Å². The molecule has 1 N–H and O–H groups in total. The molecule has 0 fully saturated rings. The quantitative estimate of drug-likeness (QED) is 0.875. The molecule has 0 aliphatic carbocycles. The van der Waals surface area contributed by atoms with Gasteiger partial charge in [-0.2, -0.15) is 0 Å². The number of nitrogens with one attached hydrogen (secondary N) is 1. The van der Waals surface area contributed by atoms with Crippen LogP contribution < -0.4 is 10.2 Å². The minimum Gasteiger partial charge on any atom is -0.354 e. The lowest BCUT2D eigenvalue weighted by Crippen LogP contribution is -2.40. The number of rotatable bonds is 6. The molecular weight excluding hydrogens is 264 g/mol. The third-order valence-electron chi connectivity index (χ3n) is 3.26. The van der Waals surface area contributed by atoms with E-state index in [0.717, 1.165) is 5.69 Å². The Labute approximate surface area is 127 Å². The summed E-state index contributed by atoms with van der Waals surface area (Å²) in [6.45, 7) is 10.5. The van der Waals surface area contributed by atoms with E-state index >= 15 is 0 Å². The highest BCUT2D eigenvalue weighted by Gasteiger charge is 2.16. The van der Waals surface area contributed by atoms with E-state index in [1.807, 2.05) is 38.1 Å². The molecule has 0 aliphatic rings. The number of hydrogen-bond acceptors (Lipinski definition) is 2. The molecule has 0 aromatic heterocycles. The Balaban J connectivity index is 2.77. The summed E-state index contributed by atoms with van der Waals surface area (Å²) in [6.07, 6.45) is 0. The maximum absolute atomic E-state index is 11.9. The van der Waals surface area contributed by atoms with Crippen LogP contribution >= 0.6 is 0 Å². The molecule has 0 spiro atoms. The Bertz CT molecular complexity index is 478. The molecule has 2 amide bonds. The van der Waals surface area contributed by atoms with Gasteiger partial charge in [0.2, 0.25) is 11.8 Å². The van der Waals surface area contributed by atoms with Crippen molar-refractivity contribution in [3.05, 3.63) is 29.8 Å². The van der Waals surface area contributed by atoms with Crippen LogP contribution in [0.4, 0.5) is 5.69 Å². The van der Waals surface area contributed by atoms with Gasteiger partial charge in [0.05, 0.1) is 0 Å². The summed E-state index contributed by atoms with van der Waals surface area (Å²) in [5, 5.41) is 2.83. The molecule has 4 heteroatoms. The highest BCUT2D eigenvalue weighted by atomic mass is 16.2. The van der Waals surface area contributed by atoms with Crippen LogP contribution in [0.25, 0.3) is 0 Å². The number of carbonyl (C=O) groups excluding carboxylic acids is 2. The van der Waals surface area contributed by atoms with Crippen LogP contribution in [0.1, 0.15) is 46.1 Å². The maximum Gasteiger partial charge on any atom is 0.240 e. The van der Waals surface area contributed by atoms with Crippen LogP contribution in [0, 0.1) is 5.92 Å². The summed E-state index contributed by atoms with van der Waals surface area (Å²) < 4.78 is 0. The number of anilines is 1. The Hall–Kier alpha value is -1.84. The fourth-order valence-corrected chi connectivity index (χ4v) is 1.94. The van der Waals surface area contributed by atoms with Gasteiger partial charge in [-0.15, -0.1) is 0 Å². The predicted molar refractivity (Wildman–Crippen MR) is 86.4 cm³/mol. The van der Waals surface area contributed by atoms with Crippen molar-refractivity contribution in [2.45, 2.75) is 40.5 Å². The van der Waals surface area contributed by atoms with Crippen molar-refractivity contribution in [1.29, 1.82) is 0 Å². The average molecular weight is 290 g/mol. The first-order valence-electron chi connectivity index (χ1n) is 7.46. The molecule has 21 heavy (non-hydrogen) atoms. The third kappa shape index (κ3) is 5.58. The first-order chi connectivity index (χ1) is 9.81. The molecule has 1 aromatic carbocycles. The van der Waals surface area contributed by atoms with E-state index in [4.69, 9.17) is 0 Å². The fourth-order valence-electron chi connectivity index (χ4n) is 1.94. The maximum atomic E-state index is 11.9. The Morgan fingerprint density at radius 2 is 1.67 bits per heavy atom. The first kappa shape index (κ1) is 17.2. The lowest BCUT2D eigenvalue weighted by molar-refractivity contribution is -0.123. The van der Waals surface area contributed by atoms with Gasteiger partial charge in [-0.05, 0) is 29.5 Å². The van der Waals surface area contributed by atoms with E-state index in [1.54, 1.807) is 0 Å². The van der Waals surface area contributed by atoms with Crippen LogP contribution in [0.15, 0.2) is 24.3 Å². The molecule has 1 aromatic rings. The van der Waals surface area contributed by atoms with E-state index in [-0.39, 0.29) is 18.4 Å². The number of benzene rings is 1. The number of amides is 2. The van der Waals surface area contributed by atoms with Gasteiger partial charge >= 0.3 is 0 Å². The van der Waals surface area contributed by atoms with Crippen LogP contribution in [0.5, 0.6) is 0 Å². The summed E-state index contributed by atoms with van der Waals surface area (Å²) in [6, 6.07) is 7.79. The zero-order chi connectivity index (χ0) is 16.0. The molecule has 0 heterocycles. The normalized spacial score (nSPS) is 10.8. The van der Waals surface area contributed by atoms with Crippen LogP contribution in [-0.2, 0) is 9.59 Å². The number of hydrogen-bond donors (Lipinski definition) is 1. The topological polar surface area (TPSA) is 49.4 Å². The third-order valence-corrected chi connectivity index (χ3v) is 3.26. The Kier molecular flexibility index (Phi) is 6.40. The van der Waals surface area contributed by atoms with Gasteiger partial charge in [-0.3, -0.25) is 9.59 Å². The summed E-state index contributed by atoms with van der Waals surface area (Å²) in [5.74, 6) is 0.572. The summed E-state index contributed by atoms with van der Waals surface area (Å²) in [5.41, 5.74) is 1.97. The van der Waals surface area contributed by atoms with E-state index in [2.05, 4.69) is 19.2 Å². The van der Waals surface area contributed by atoms with Gasteiger partial charge in [0, 0.05) is 19.2 Å². The van der Waals surface area contributed by atoms with Gasteiger partial charge in [-0.1, -0.05) is 39.8 Å². The number of nitrogens with zero attached hydrogens (tertiary/aromatic N) is 1. The Morgan fingerprint density at radius 3 is 2.10 bits per heavy atom. The highest BCUT2D eigenvalue weighted by Crippen LogP contribution is 2.20. The molecule has 0 atom stereocenters. The predicted octanol–water partition coefficient (Wildman–Crippen LogP) is 2.94. The molecule has 0 radical (unpaired) electrons. The van der Waals surface area contributed by atoms with E-state index in [0.29, 0.717) is 18.4 Å². The standard InChI is InChI=1S/C17H26N2O2/c1-12(2)10-18-17(21)11-19(14(5)20)16-8-6-15(7-9-16)13(3)4/h6-9,12-13H,10-11H2,1-5H3,(H,18,21).